The number of hydrogen-bond donors (Lipinski definition) is 0. The largest absolute Gasteiger partial charge is 0.597 e. The van der Waals surface area contributed by atoms with Crippen molar-refractivity contribution in [2.75, 3.05) is 9.34 Å². The zero-order valence-corrected chi connectivity index (χ0v) is 23.5. The van der Waals surface area contributed by atoms with Gasteiger partial charge in [-0.3, -0.25) is 0 Å². The number of benzene rings is 6. The molecule has 7 rings (SSSR count). The van der Waals surface area contributed by atoms with E-state index in [2.05, 4.69) is 157 Å². The highest BCUT2D eigenvalue weighted by atomic mass is 31.1. The summed E-state index contributed by atoms with van der Waals surface area (Å²) in [5.41, 5.74) is 6.60. The van der Waals surface area contributed by atoms with E-state index in [0.29, 0.717) is 0 Å². The summed E-state index contributed by atoms with van der Waals surface area (Å²) in [6.07, 6.45) is 0. The molecule has 6 aromatic rings. The van der Waals surface area contributed by atoms with Crippen molar-refractivity contribution in [2.45, 2.75) is 25.9 Å². The van der Waals surface area contributed by atoms with E-state index in [0.717, 1.165) is 55.2 Å². The van der Waals surface area contributed by atoms with Crippen molar-refractivity contribution in [1.29, 1.82) is 0 Å². The third-order valence-corrected chi connectivity index (χ3v) is 9.77. The molecule has 0 aliphatic carbocycles. The van der Waals surface area contributed by atoms with Crippen molar-refractivity contribution in [2.24, 2.45) is 0 Å². The van der Waals surface area contributed by atoms with E-state index in [9.17, 15) is 0 Å². The first-order valence-electron chi connectivity index (χ1n) is 13.8. The number of anilines is 2. The van der Waals surface area contributed by atoms with Crippen LogP contribution in [0.2, 0.25) is 0 Å². The average molecular weight is 538 g/mol. The molecule has 2 atom stereocenters. The van der Waals surface area contributed by atoms with Crippen LogP contribution in [0.1, 0.15) is 34.3 Å². The predicted octanol–water partition coefficient (Wildman–Crippen LogP) is 10.1. The molecule has 2 unspecified atom stereocenters. The standard InChI is InChI=1S/C36H30N2OP/c1-25-21-23-27-13-9-11-19-31(27)33(25)37-35(29-15-5-3-6-16-29)36(30-17-7-4-8-18-30)38(40(37)39)34-26(2)22-24-28-14-10-12-20-32(28)34/h3-24,35-36H,1-2H3/q+1. The predicted molar refractivity (Wildman–Crippen MR) is 168 cm³/mol. The van der Waals surface area contributed by atoms with Crippen LogP contribution in [0.15, 0.2) is 133 Å². The molecular weight excluding hydrogens is 507 g/mol. The van der Waals surface area contributed by atoms with E-state index in [-0.39, 0.29) is 12.1 Å². The third-order valence-electron chi connectivity index (χ3n) is 8.14. The zero-order chi connectivity index (χ0) is 27.2. The van der Waals surface area contributed by atoms with Gasteiger partial charge < -0.3 is 0 Å². The number of fused-ring (bicyclic) bond motifs is 2. The van der Waals surface area contributed by atoms with Crippen LogP contribution in [-0.2, 0) is 4.57 Å². The summed E-state index contributed by atoms with van der Waals surface area (Å²) in [4.78, 5) is 0. The molecule has 0 spiro atoms. The minimum atomic E-state index is -2.03. The van der Waals surface area contributed by atoms with Gasteiger partial charge in [0, 0.05) is 10.8 Å². The summed E-state index contributed by atoms with van der Waals surface area (Å²) in [7, 11) is -2.03. The molecule has 0 amide bonds. The highest BCUT2D eigenvalue weighted by Crippen LogP contribution is 2.63. The molecule has 0 aromatic heterocycles. The molecule has 1 saturated heterocycles. The summed E-state index contributed by atoms with van der Waals surface area (Å²) in [6, 6.07) is 46.4. The second-order valence-electron chi connectivity index (χ2n) is 10.6. The second-order valence-corrected chi connectivity index (χ2v) is 11.9. The fourth-order valence-electron chi connectivity index (χ4n) is 6.32. The normalized spacial score (nSPS) is 18.1. The van der Waals surface area contributed by atoms with Gasteiger partial charge in [-0.25, -0.2) is 0 Å². The maximum atomic E-state index is 15.3. The van der Waals surface area contributed by atoms with Crippen molar-refractivity contribution in [3.05, 3.63) is 156 Å². The van der Waals surface area contributed by atoms with Gasteiger partial charge in [0.05, 0.1) is 11.4 Å². The molecule has 1 heterocycles. The summed E-state index contributed by atoms with van der Waals surface area (Å²) in [5, 5.41) is 4.54. The first kappa shape index (κ1) is 24.6. The second kappa shape index (κ2) is 9.93. The van der Waals surface area contributed by atoms with E-state index in [4.69, 9.17) is 0 Å². The lowest BCUT2D eigenvalue weighted by atomic mass is 9.91. The molecule has 1 aliphatic rings. The van der Waals surface area contributed by atoms with Gasteiger partial charge in [0.25, 0.3) is 0 Å². The van der Waals surface area contributed by atoms with Gasteiger partial charge in [-0.2, -0.15) is 0 Å². The monoisotopic (exact) mass is 537 g/mol. The van der Waals surface area contributed by atoms with Gasteiger partial charge in [-0.05, 0) is 51.4 Å². The molecule has 0 N–H and O–H groups in total. The number of hydrogen-bond acceptors (Lipinski definition) is 1. The van der Waals surface area contributed by atoms with Gasteiger partial charge in [0.15, 0.2) is 0 Å². The molecule has 0 bridgehead atoms. The smallest absolute Gasteiger partial charge is 0.134 e. The fourth-order valence-corrected chi connectivity index (χ4v) is 8.34. The van der Waals surface area contributed by atoms with Crippen LogP contribution in [0.5, 0.6) is 0 Å². The van der Waals surface area contributed by atoms with Gasteiger partial charge in [-0.15, -0.1) is 9.34 Å². The molecule has 0 radical (unpaired) electrons. The molecule has 1 aliphatic heterocycles. The van der Waals surface area contributed by atoms with Gasteiger partial charge in [0.1, 0.15) is 12.1 Å². The Labute approximate surface area is 236 Å². The van der Waals surface area contributed by atoms with Crippen LogP contribution < -0.4 is 9.34 Å². The third kappa shape index (κ3) is 3.89. The molecule has 4 heteroatoms. The molecule has 3 nitrogen and oxygen atoms in total. The van der Waals surface area contributed by atoms with Gasteiger partial charge >= 0.3 is 8.10 Å². The highest BCUT2D eigenvalue weighted by molar-refractivity contribution is 7.49. The van der Waals surface area contributed by atoms with Crippen molar-refractivity contribution >= 4 is 41.0 Å². The van der Waals surface area contributed by atoms with Crippen molar-refractivity contribution in [3.8, 4) is 0 Å². The van der Waals surface area contributed by atoms with E-state index in [1.165, 1.54) is 0 Å². The summed E-state index contributed by atoms with van der Waals surface area (Å²) >= 11 is 0. The van der Waals surface area contributed by atoms with Gasteiger partial charge in [0.2, 0.25) is 0 Å². The first-order chi connectivity index (χ1) is 19.6. The lowest BCUT2D eigenvalue weighted by Crippen LogP contribution is -2.24. The Kier molecular flexibility index (Phi) is 6.10. The Balaban J connectivity index is 1.58. The summed E-state index contributed by atoms with van der Waals surface area (Å²) in [6.45, 7) is 4.27. The van der Waals surface area contributed by atoms with Gasteiger partial charge in [-0.1, -0.05) is 133 Å². The van der Waals surface area contributed by atoms with E-state index < -0.39 is 8.10 Å². The van der Waals surface area contributed by atoms with Crippen LogP contribution in [0.4, 0.5) is 11.4 Å². The lowest BCUT2D eigenvalue weighted by Gasteiger charge is -2.26. The Morgan fingerprint density at radius 3 is 1.27 bits per heavy atom. The van der Waals surface area contributed by atoms with Crippen molar-refractivity contribution in [3.63, 3.8) is 0 Å². The van der Waals surface area contributed by atoms with E-state index in [1.54, 1.807) is 0 Å². The molecule has 194 valence electrons. The quantitative estimate of drug-likeness (QED) is 0.209. The summed E-state index contributed by atoms with van der Waals surface area (Å²) in [5.74, 6) is 0. The fraction of sp³-hybridized carbons (Fsp3) is 0.111. The molecule has 1 fully saturated rings. The first-order valence-corrected chi connectivity index (χ1v) is 14.9. The van der Waals surface area contributed by atoms with Crippen LogP contribution >= 0.6 is 8.10 Å². The Morgan fingerprint density at radius 2 is 0.850 bits per heavy atom. The number of nitrogens with zero attached hydrogens (tertiary/aromatic N) is 2. The maximum Gasteiger partial charge on any atom is 0.597 e. The Bertz CT molecular complexity index is 1730. The lowest BCUT2D eigenvalue weighted by molar-refractivity contribution is 0.587. The summed E-state index contributed by atoms with van der Waals surface area (Å²) < 4.78 is 19.7. The van der Waals surface area contributed by atoms with Crippen LogP contribution in [-0.4, -0.2) is 0 Å². The molecule has 0 saturated carbocycles. The van der Waals surface area contributed by atoms with Crippen LogP contribution in [0.25, 0.3) is 21.5 Å². The van der Waals surface area contributed by atoms with Crippen molar-refractivity contribution < 1.29 is 4.57 Å². The SMILES string of the molecule is Cc1ccc2ccccc2c1N1C(c2ccccc2)C(c2ccccc2)N(c2c(C)ccc3ccccc23)[P+]1=O. The number of rotatable bonds is 4. The highest BCUT2D eigenvalue weighted by Gasteiger charge is 2.60. The van der Waals surface area contributed by atoms with Crippen LogP contribution in [0.3, 0.4) is 0 Å². The zero-order valence-electron chi connectivity index (χ0n) is 22.6. The maximum absolute atomic E-state index is 15.3. The minimum absolute atomic E-state index is 0.171. The van der Waals surface area contributed by atoms with Crippen LogP contribution in [0, 0.1) is 13.8 Å². The Hall–Kier alpha value is -4.46. The molecule has 6 aromatic carbocycles. The van der Waals surface area contributed by atoms with E-state index >= 15 is 4.57 Å². The minimum Gasteiger partial charge on any atom is -0.134 e. The molecule has 40 heavy (non-hydrogen) atoms. The average Bonchev–Trinajstić information content (AvgIpc) is 3.29. The Morgan fingerprint density at radius 1 is 0.475 bits per heavy atom. The number of aryl methyl sites for hydroxylation is 2. The van der Waals surface area contributed by atoms with E-state index in [1.807, 2.05) is 0 Å². The van der Waals surface area contributed by atoms with Crippen molar-refractivity contribution in [1.82, 2.24) is 0 Å². The molecular formula is C36H30N2OP+. The topological polar surface area (TPSA) is 23.6 Å².